The molecule has 2 aliphatic heterocycles. The van der Waals surface area contributed by atoms with Gasteiger partial charge in [0.15, 0.2) is 5.82 Å². The van der Waals surface area contributed by atoms with Crippen molar-refractivity contribution in [1.29, 1.82) is 0 Å². The topological polar surface area (TPSA) is 61.0 Å². The molecule has 1 aromatic heterocycles. The number of fused-ring (bicyclic) bond motifs is 2. The average Bonchev–Trinajstić information content (AvgIpc) is 2.36. The Morgan fingerprint density at radius 2 is 2.11 bits per heavy atom. The van der Waals surface area contributed by atoms with Crippen molar-refractivity contribution in [2.45, 2.75) is 50.2 Å². The molecule has 0 saturated carbocycles. The maximum absolute atomic E-state index is 11.5. The van der Waals surface area contributed by atoms with E-state index in [1.165, 1.54) is 25.6 Å². The van der Waals surface area contributed by atoms with Crippen molar-refractivity contribution in [2.75, 3.05) is 12.4 Å². The fraction of sp³-hybridized carbons (Fsp3) is 0.692. The average molecular weight is 283 g/mol. The number of hydrogen-bond donors (Lipinski definition) is 2. The molecule has 2 bridgehead atoms. The Bertz CT molecular complexity index is 504. The molecular formula is C13H19ClN4O. The zero-order chi connectivity index (χ0) is 13.4. The standard InChI is InChI=1S/C13H19ClN4O/c1-18-9-3-2-4-10(18)6-8(5-9)17-12-11(14)13(19)16-7-15-12/h7-10H,2-6H2,1H3,(H2,15,16,17,19). The van der Waals surface area contributed by atoms with Crippen LogP contribution in [0.1, 0.15) is 32.1 Å². The van der Waals surface area contributed by atoms with Gasteiger partial charge in [-0.2, -0.15) is 0 Å². The third kappa shape index (κ3) is 2.49. The van der Waals surface area contributed by atoms with Gasteiger partial charge in [-0.1, -0.05) is 18.0 Å². The molecule has 1 aromatic rings. The lowest BCUT2D eigenvalue weighted by Gasteiger charge is -2.47. The molecule has 0 aromatic carbocycles. The fourth-order valence-electron chi connectivity index (χ4n) is 3.41. The van der Waals surface area contributed by atoms with Gasteiger partial charge in [-0.3, -0.25) is 4.79 Å². The van der Waals surface area contributed by atoms with Gasteiger partial charge in [0, 0.05) is 18.1 Å². The summed E-state index contributed by atoms with van der Waals surface area (Å²) in [5.41, 5.74) is -0.285. The van der Waals surface area contributed by atoms with Crippen LogP contribution in [0.5, 0.6) is 0 Å². The molecule has 2 fully saturated rings. The lowest BCUT2D eigenvalue weighted by Crippen LogP contribution is -2.52. The van der Waals surface area contributed by atoms with Crippen molar-refractivity contribution in [3.63, 3.8) is 0 Å². The number of nitrogens with one attached hydrogen (secondary N) is 2. The Balaban J connectivity index is 1.74. The number of H-pyrrole nitrogens is 1. The van der Waals surface area contributed by atoms with Gasteiger partial charge >= 0.3 is 0 Å². The van der Waals surface area contributed by atoms with Crippen molar-refractivity contribution in [3.8, 4) is 0 Å². The third-order valence-corrected chi connectivity index (χ3v) is 4.83. The second-order valence-corrected chi connectivity index (χ2v) is 5.99. The monoisotopic (exact) mass is 282 g/mol. The summed E-state index contributed by atoms with van der Waals surface area (Å²) in [4.78, 5) is 20.6. The summed E-state index contributed by atoms with van der Waals surface area (Å²) in [6, 6.07) is 1.65. The van der Waals surface area contributed by atoms with Crippen LogP contribution < -0.4 is 10.9 Å². The Kier molecular flexibility index (Phi) is 3.50. The molecule has 3 heterocycles. The van der Waals surface area contributed by atoms with Crippen molar-refractivity contribution >= 4 is 17.4 Å². The van der Waals surface area contributed by atoms with E-state index in [2.05, 4.69) is 27.2 Å². The highest BCUT2D eigenvalue weighted by atomic mass is 35.5. The second kappa shape index (κ2) is 5.13. The predicted molar refractivity (Wildman–Crippen MR) is 75.7 cm³/mol. The SMILES string of the molecule is CN1C2CCCC1CC(Nc1nc[nH]c(=O)c1Cl)C2. The number of nitrogens with zero attached hydrogens (tertiary/aromatic N) is 2. The number of halogens is 1. The van der Waals surface area contributed by atoms with Crippen molar-refractivity contribution in [1.82, 2.24) is 14.9 Å². The lowest BCUT2D eigenvalue weighted by molar-refractivity contribution is 0.0608. The van der Waals surface area contributed by atoms with Crippen LogP contribution in [0, 0.1) is 0 Å². The highest BCUT2D eigenvalue weighted by molar-refractivity contribution is 6.32. The Morgan fingerprint density at radius 1 is 1.42 bits per heavy atom. The van der Waals surface area contributed by atoms with Crippen LogP contribution in [0.2, 0.25) is 5.02 Å². The van der Waals surface area contributed by atoms with E-state index < -0.39 is 0 Å². The molecule has 6 heteroatoms. The quantitative estimate of drug-likeness (QED) is 0.869. The Labute approximate surface area is 117 Å². The number of piperidine rings is 2. The van der Waals surface area contributed by atoms with E-state index in [1.807, 2.05) is 0 Å². The van der Waals surface area contributed by atoms with Gasteiger partial charge in [0.2, 0.25) is 0 Å². The molecule has 2 atom stereocenters. The minimum absolute atomic E-state index is 0.159. The van der Waals surface area contributed by atoms with Crippen molar-refractivity contribution in [2.24, 2.45) is 0 Å². The van der Waals surface area contributed by atoms with E-state index >= 15 is 0 Å². The first-order valence-corrected chi connectivity index (χ1v) is 7.24. The van der Waals surface area contributed by atoms with Gasteiger partial charge in [0.25, 0.3) is 5.56 Å². The zero-order valence-corrected chi connectivity index (χ0v) is 11.8. The molecule has 2 saturated heterocycles. The predicted octanol–water partition coefficient (Wildman–Crippen LogP) is 1.85. The van der Waals surface area contributed by atoms with Crippen LogP contribution in [0.3, 0.4) is 0 Å². The number of anilines is 1. The third-order valence-electron chi connectivity index (χ3n) is 4.48. The van der Waals surface area contributed by atoms with Gasteiger partial charge < -0.3 is 15.2 Å². The van der Waals surface area contributed by atoms with Crippen LogP contribution in [0.4, 0.5) is 5.82 Å². The molecule has 0 aliphatic carbocycles. The van der Waals surface area contributed by atoms with E-state index in [0.717, 1.165) is 12.8 Å². The Morgan fingerprint density at radius 3 is 2.79 bits per heavy atom. The highest BCUT2D eigenvalue weighted by Gasteiger charge is 2.36. The molecule has 5 nitrogen and oxygen atoms in total. The molecule has 2 N–H and O–H groups in total. The molecule has 0 spiro atoms. The van der Waals surface area contributed by atoms with Crippen LogP contribution in [0.15, 0.2) is 11.1 Å². The molecule has 3 rings (SSSR count). The molecular weight excluding hydrogens is 264 g/mol. The van der Waals surface area contributed by atoms with Crippen LogP contribution in [0.25, 0.3) is 0 Å². The minimum Gasteiger partial charge on any atom is -0.366 e. The molecule has 19 heavy (non-hydrogen) atoms. The molecule has 0 radical (unpaired) electrons. The molecule has 104 valence electrons. The summed E-state index contributed by atoms with van der Waals surface area (Å²) in [6.07, 6.45) is 7.45. The first-order chi connectivity index (χ1) is 9.15. The lowest BCUT2D eigenvalue weighted by atomic mass is 9.82. The number of aromatic nitrogens is 2. The molecule has 0 amide bonds. The van der Waals surface area contributed by atoms with Gasteiger partial charge in [-0.05, 0) is 32.7 Å². The summed E-state index contributed by atoms with van der Waals surface area (Å²) < 4.78 is 0. The smallest absolute Gasteiger partial charge is 0.271 e. The zero-order valence-electron chi connectivity index (χ0n) is 11.0. The van der Waals surface area contributed by atoms with Gasteiger partial charge in [0.1, 0.15) is 5.02 Å². The maximum Gasteiger partial charge on any atom is 0.271 e. The minimum atomic E-state index is -0.285. The largest absolute Gasteiger partial charge is 0.366 e. The molecule has 2 unspecified atom stereocenters. The summed E-state index contributed by atoms with van der Waals surface area (Å²) in [6.45, 7) is 0. The van der Waals surface area contributed by atoms with E-state index in [-0.39, 0.29) is 10.6 Å². The number of aromatic amines is 1. The van der Waals surface area contributed by atoms with Gasteiger partial charge in [0.05, 0.1) is 6.33 Å². The van der Waals surface area contributed by atoms with Crippen LogP contribution in [-0.2, 0) is 0 Å². The van der Waals surface area contributed by atoms with E-state index in [0.29, 0.717) is 23.9 Å². The summed E-state index contributed by atoms with van der Waals surface area (Å²) in [7, 11) is 2.23. The van der Waals surface area contributed by atoms with Crippen LogP contribution in [-0.4, -0.2) is 40.0 Å². The fourth-order valence-corrected chi connectivity index (χ4v) is 3.57. The van der Waals surface area contributed by atoms with E-state index in [9.17, 15) is 4.79 Å². The van der Waals surface area contributed by atoms with Crippen LogP contribution >= 0.6 is 11.6 Å². The van der Waals surface area contributed by atoms with Gasteiger partial charge in [-0.15, -0.1) is 0 Å². The summed E-state index contributed by atoms with van der Waals surface area (Å²) >= 11 is 5.98. The van der Waals surface area contributed by atoms with E-state index in [4.69, 9.17) is 11.6 Å². The first kappa shape index (κ1) is 12.9. The number of rotatable bonds is 2. The summed E-state index contributed by atoms with van der Waals surface area (Å²) in [5.74, 6) is 0.512. The molecule has 2 aliphatic rings. The van der Waals surface area contributed by atoms with Crippen molar-refractivity contribution < 1.29 is 0 Å². The second-order valence-electron chi connectivity index (χ2n) is 5.61. The Hall–Kier alpha value is -1.07. The maximum atomic E-state index is 11.5. The number of hydrogen-bond acceptors (Lipinski definition) is 4. The van der Waals surface area contributed by atoms with Crippen molar-refractivity contribution in [3.05, 3.63) is 21.7 Å². The normalized spacial score (nSPS) is 31.2. The van der Waals surface area contributed by atoms with Gasteiger partial charge in [-0.25, -0.2) is 4.98 Å². The summed E-state index contributed by atoms with van der Waals surface area (Å²) in [5, 5.41) is 3.51. The highest BCUT2D eigenvalue weighted by Crippen LogP contribution is 2.34. The van der Waals surface area contributed by atoms with E-state index in [1.54, 1.807) is 0 Å². The first-order valence-electron chi connectivity index (χ1n) is 6.87.